The van der Waals surface area contributed by atoms with Crippen LogP contribution >= 0.6 is 0 Å². The molecule has 0 bridgehead atoms. The Bertz CT molecular complexity index is 1070. The molecule has 4 aromatic rings. The monoisotopic (exact) mass is 370 g/mol. The normalized spacial score (nSPS) is 12.4. The second-order valence-electron chi connectivity index (χ2n) is 6.54. The van der Waals surface area contributed by atoms with Gasteiger partial charge in [-0.05, 0) is 59.7 Å². The van der Waals surface area contributed by atoms with E-state index in [0.717, 1.165) is 33.6 Å². The predicted octanol–water partition coefficient (Wildman–Crippen LogP) is 5.49. The van der Waals surface area contributed by atoms with Crippen LogP contribution in [-0.2, 0) is 0 Å². The average Bonchev–Trinajstić information content (AvgIpc) is 3.17. The summed E-state index contributed by atoms with van der Waals surface area (Å²) in [6.45, 7) is 2.12. The summed E-state index contributed by atoms with van der Waals surface area (Å²) in [5, 5.41) is 7.64. The van der Waals surface area contributed by atoms with Crippen LogP contribution in [0.5, 0.6) is 0 Å². The molecule has 0 amide bonds. The quantitative estimate of drug-likeness (QED) is 0.505. The lowest BCUT2D eigenvalue weighted by molar-refractivity contribution is 0.628. The van der Waals surface area contributed by atoms with Crippen molar-refractivity contribution in [1.82, 2.24) is 20.2 Å². The summed E-state index contributed by atoms with van der Waals surface area (Å²) < 4.78 is 13.3. The van der Waals surface area contributed by atoms with Gasteiger partial charge in [0.05, 0.1) is 5.69 Å². The Morgan fingerprint density at radius 2 is 1.71 bits per heavy atom. The zero-order valence-electron chi connectivity index (χ0n) is 15.4. The summed E-state index contributed by atoms with van der Waals surface area (Å²) in [4.78, 5) is 8.29. The van der Waals surface area contributed by atoms with Crippen LogP contribution < -0.4 is 0 Å². The van der Waals surface area contributed by atoms with E-state index in [9.17, 15) is 4.39 Å². The van der Waals surface area contributed by atoms with Crippen molar-refractivity contribution in [2.24, 2.45) is 0 Å². The van der Waals surface area contributed by atoms with E-state index in [-0.39, 0.29) is 11.7 Å². The van der Waals surface area contributed by atoms with E-state index in [2.05, 4.69) is 39.2 Å². The maximum absolute atomic E-state index is 13.3. The Kier molecular flexibility index (Phi) is 5.06. The second kappa shape index (κ2) is 7.96. The van der Waals surface area contributed by atoms with Gasteiger partial charge in [0.1, 0.15) is 11.5 Å². The molecule has 0 radical (unpaired) electrons. The molecule has 0 aliphatic carbocycles. The van der Waals surface area contributed by atoms with E-state index in [0.29, 0.717) is 0 Å². The number of benzene rings is 1. The van der Waals surface area contributed by atoms with E-state index in [1.165, 1.54) is 12.1 Å². The number of aromatic nitrogens is 4. The van der Waals surface area contributed by atoms with Gasteiger partial charge in [-0.25, -0.2) is 4.39 Å². The topological polar surface area (TPSA) is 54.5 Å². The molecule has 0 aliphatic heterocycles. The predicted molar refractivity (Wildman–Crippen MR) is 109 cm³/mol. The van der Waals surface area contributed by atoms with Gasteiger partial charge in [0.2, 0.25) is 0 Å². The van der Waals surface area contributed by atoms with Crippen molar-refractivity contribution in [2.75, 3.05) is 0 Å². The highest BCUT2D eigenvalue weighted by atomic mass is 19.1. The van der Waals surface area contributed by atoms with Gasteiger partial charge in [-0.1, -0.05) is 19.1 Å². The molecule has 0 aliphatic rings. The third-order valence-electron chi connectivity index (χ3n) is 4.64. The van der Waals surface area contributed by atoms with E-state index >= 15 is 0 Å². The zero-order valence-corrected chi connectivity index (χ0v) is 15.4. The first-order valence-corrected chi connectivity index (χ1v) is 9.05. The Hall–Kier alpha value is -3.60. The van der Waals surface area contributed by atoms with Gasteiger partial charge in [0, 0.05) is 41.8 Å². The Labute approximate surface area is 162 Å². The zero-order chi connectivity index (χ0) is 19.3. The molecule has 0 saturated heterocycles. The van der Waals surface area contributed by atoms with Gasteiger partial charge < -0.3 is 0 Å². The Balaban J connectivity index is 1.75. The molecule has 0 fully saturated rings. The van der Waals surface area contributed by atoms with Gasteiger partial charge in [0.25, 0.3) is 0 Å². The van der Waals surface area contributed by atoms with E-state index < -0.39 is 0 Å². The largest absolute Gasteiger partial charge is 0.277 e. The number of nitrogens with zero attached hydrogens (tertiary/aromatic N) is 3. The number of halogens is 1. The first kappa shape index (κ1) is 17.8. The molecular weight excluding hydrogens is 351 g/mol. The first-order valence-electron chi connectivity index (χ1n) is 9.05. The molecule has 1 unspecified atom stereocenters. The Morgan fingerprint density at radius 1 is 0.929 bits per heavy atom. The van der Waals surface area contributed by atoms with Crippen molar-refractivity contribution in [3.8, 4) is 22.4 Å². The molecule has 5 heteroatoms. The summed E-state index contributed by atoms with van der Waals surface area (Å²) in [5.74, 6) is -0.0632. The minimum Gasteiger partial charge on any atom is -0.277 e. The second-order valence-corrected chi connectivity index (χ2v) is 6.54. The lowest BCUT2D eigenvalue weighted by Gasteiger charge is -2.07. The number of pyridine rings is 2. The Morgan fingerprint density at radius 3 is 2.43 bits per heavy atom. The van der Waals surface area contributed by atoms with Crippen molar-refractivity contribution in [2.45, 2.75) is 12.8 Å². The summed E-state index contributed by atoms with van der Waals surface area (Å²) >= 11 is 0. The highest BCUT2D eigenvalue weighted by Gasteiger charge is 2.15. The molecular formula is C23H19FN4. The van der Waals surface area contributed by atoms with Crippen LogP contribution in [0.2, 0.25) is 0 Å². The number of aromatic amines is 1. The van der Waals surface area contributed by atoms with Crippen molar-refractivity contribution in [3.63, 3.8) is 0 Å². The van der Waals surface area contributed by atoms with Crippen LogP contribution in [0.4, 0.5) is 4.39 Å². The molecule has 3 heterocycles. The van der Waals surface area contributed by atoms with Gasteiger partial charge in [0.15, 0.2) is 0 Å². The van der Waals surface area contributed by atoms with Crippen LogP contribution in [-0.4, -0.2) is 20.2 Å². The standard InChI is InChI=1S/C23H19FN4/c1-16(19-3-2-12-26-15-19)4-9-21-22(17-10-13-25-14-11-17)23(28-27-21)18-5-7-20(24)8-6-18/h2-16H,1H3,(H,27,28)/b9-4+. The summed E-state index contributed by atoms with van der Waals surface area (Å²) in [6.07, 6.45) is 11.3. The number of nitrogens with one attached hydrogen (secondary N) is 1. The fourth-order valence-corrected chi connectivity index (χ4v) is 3.10. The maximum Gasteiger partial charge on any atom is 0.123 e. The fourth-order valence-electron chi connectivity index (χ4n) is 3.10. The molecule has 4 rings (SSSR count). The smallest absolute Gasteiger partial charge is 0.123 e. The van der Waals surface area contributed by atoms with E-state index in [1.807, 2.05) is 30.5 Å². The third kappa shape index (κ3) is 3.74. The maximum atomic E-state index is 13.3. The number of rotatable bonds is 5. The van der Waals surface area contributed by atoms with Crippen LogP contribution in [0.1, 0.15) is 24.1 Å². The van der Waals surface area contributed by atoms with Gasteiger partial charge in [-0.3, -0.25) is 15.1 Å². The number of allylic oxidation sites excluding steroid dienone is 1. The molecule has 1 atom stereocenters. The van der Waals surface area contributed by atoms with Crippen molar-refractivity contribution in [3.05, 3.63) is 96.5 Å². The van der Waals surface area contributed by atoms with Crippen LogP contribution in [0.25, 0.3) is 28.5 Å². The van der Waals surface area contributed by atoms with Crippen LogP contribution in [0.3, 0.4) is 0 Å². The van der Waals surface area contributed by atoms with Crippen molar-refractivity contribution >= 4 is 6.08 Å². The molecule has 4 nitrogen and oxygen atoms in total. The molecule has 3 aromatic heterocycles. The van der Waals surface area contributed by atoms with Gasteiger partial charge in [-0.15, -0.1) is 0 Å². The summed E-state index contributed by atoms with van der Waals surface area (Å²) in [6, 6.07) is 14.2. The SMILES string of the molecule is CC(/C=C/c1[nH]nc(-c2ccc(F)cc2)c1-c1ccncc1)c1cccnc1. The lowest BCUT2D eigenvalue weighted by Crippen LogP contribution is -1.90. The minimum atomic E-state index is -0.268. The number of hydrogen-bond acceptors (Lipinski definition) is 3. The highest BCUT2D eigenvalue weighted by molar-refractivity contribution is 5.86. The van der Waals surface area contributed by atoms with E-state index in [1.54, 1.807) is 30.7 Å². The van der Waals surface area contributed by atoms with Crippen molar-refractivity contribution < 1.29 is 4.39 Å². The van der Waals surface area contributed by atoms with Crippen LogP contribution in [0.15, 0.2) is 79.4 Å². The van der Waals surface area contributed by atoms with Gasteiger partial charge in [-0.2, -0.15) is 5.10 Å². The molecule has 138 valence electrons. The molecule has 0 saturated carbocycles. The summed E-state index contributed by atoms with van der Waals surface area (Å²) in [7, 11) is 0. The third-order valence-corrected chi connectivity index (χ3v) is 4.64. The number of H-pyrrole nitrogens is 1. The summed E-state index contributed by atoms with van der Waals surface area (Å²) in [5.41, 5.74) is 5.62. The van der Waals surface area contributed by atoms with Crippen molar-refractivity contribution in [1.29, 1.82) is 0 Å². The highest BCUT2D eigenvalue weighted by Crippen LogP contribution is 2.34. The van der Waals surface area contributed by atoms with Crippen LogP contribution in [0, 0.1) is 5.82 Å². The molecule has 28 heavy (non-hydrogen) atoms. The number of hydrogen-bond donors (Lipinski definition) is 1. The molecule has 1 aromatic carbocycles. The minimum absolute atomic E-state index is 0.205. The van der Waals surface area contributed by atoms with E-state index in [4.69, 9.17) is 0 Å². The fraction of sp³-hybridized carbons (Fsp3) is 0.0870. The lowest BCUT2D eigenvalue weighted by atomic mass is 9.98. The first-order chi connectivity index (χ1) is 13.7. The van der Waals surface area contributed by atoms with Gasteiger partial charge >= 0.3 is 0 Å². The molecule has 0 spiro atoms. The average molecular weight is 370 g/mol. The molecule has 1 N–H and O–H groups in total.